The van der Waals surface area contributed by atoms with Crippen LogP contribution >= 0.6 is 0 Å². The van der Waals surface area contributed by atoms with Crippen LogP contribution in [-0.2, 0) is 12.4 Å². The fourth-order valence-corrected chi connectivity index (χ4v) is 13.9. The van der Waals surface area contributed by atoms with E-state index in [1.807, 2.05) is 97.1 Å². The van der Waals surface area contributed by atoms with Crippen LogP contribution in [0.25, 0.3) is 121 Å². The molecule has 8 heteroatoms. The third-order valence-electron chi connectivity index (χ3n) is 16.7. The first-order chi connectivity index (χ1) is 36.0. The lowest BCUT2D eigenvalue weighted by molar-refractivity contribution is -0.138. The quantitative estimate of drug-likeness (QED) is 0.0937. The van der Waals surface area contributed by atoms with Crippen molar-refractivity contribution in [3.8, 4) is 89.0 Å². The first-order valence-electron chi connectivity index (χ1n) is 24.9. The van der Waals surface area contributed by atoms with E-state index in [9.17, 15) is 0 Å². The standard InChI is InChI=1S/C66H34B2F6/c69-65(70,71)37-27-51-43-23-12-14-26-56(43)68-58-34-50-46(42-22-10-8-20-40(42)36-17-5-2-6-18-36)32-48-54-30-38(66(72,73)74)28-52-44-24-11-13-25-55(44)67(64(52)54)57-33-49-45(41-21-9-7-19-39(41)35-15-3-1-4-16-35)31-47(53(29-37)63(51)68)59(58)61(49)62(50)60(48)57/h1-34H. The average molecular weight is 963 g/mol. The number of hydrogen-bond donors (Lipinski definition) is 0. The normalized spacial score (nSPS) is 13.5. The van der Waals surface area contributed by atoms with Crippen LogP contribution in [0.4, 0.5) is 26.3 Å². The van der Waals surface area contributed by atoms with E-state index in [0.717, 1.165) is 121 Å². The summed E-state index contributed by atoms with van der Waals surface area (Å²) in [6, 6.07) is 66.7. The van der Waals surface area contributed by atoms with Gasteiger partial charge in [-0.2, -0.15) is 26.3 Å². The molecule has 4 aliphatic rings. The highest BCUT2D eigenvalue weighted by atomic mass is 19.4. The van der Waals surface area contributed by atoms with Gasteiger partial charge in [-0.1, -0.05) is 203 Å². The van der Waals surface area contributed by atoms with E-state index in [1.165, 1.54) is 24.3 Å². The summed E-state index contributed by atoms with van der Waals surface area (Å²) in [7, 11) is 0. The molecule has 0 nitrogen and oxygen atoms in total. The fraction of sp³-hybridized carbons (Fsp3) is 0.0303. The number of benzene rings is 12. The Kier molecular flexibility index (Phi) is 8.24. The molecule has 4 aliphatic heterocycles. The van der Waals surface area contributed by atoms with Crippen LogP contribution in [0.15, 0.2) is 206 Å². The SMILES string of the molecule is FC(F)(F)c1cc2c3c(c1)-c1cc(-c4ccccc4-c4ccccc4)c4cc5c6c(cc(-c7ccccc7-c7ccccc7)c7cc(c1c4c76)B3c1ccccc1-2)-c1cc(C(F)(F)F)cc2c1B5c1ccccc1-2. The smallest absolute Gasteiger partial charge is 0.166 e. The summed E-state index contributed by atoms with van der Waals surface area (Å²) in [5, 5.41) is 5.38. The Bertz CT molecular complexity index is 4170. The van der Waals surface area contributed by atoms with Gasteiger partial charge in [0.15, 0.2) is 0 Å². The molecule has 0 spiro atoms. The molecule has 346 valence electrons. The Balaban J connectivity index is 1.17. The molecule has 12 aromatic rings. The van der Waals surface area contributed by atoms with Crippen LogP contribution in [0.2, 0.25) is 0 Å². The van der Waals surface area contributed by atoms with Gasteiger partial charge in [-0.3, -0.25) is 0 Å². The molecule has 0 saturated heterocycles. The highest BCUT2D eigenvalue weighted by molar-refractivity contribution is 7.03. The zero-order valence-corrected chi connectivity index (χ0v) is 39.1. The lowest BCUT2D eigenvalue weighted by atomic mass is 9.34. The zero-order valence-electron chi connectivity index (χ0n) is 39.1. The van der Waals surface area contributed by atoms with Gasteiger partial charge in [0.1, 0.15) is 0 Å². The number of halogens is 6. The molecule has 0 bridgehead atoms. The van der Waals surface area contributed by atoms with Crippen molar-refractivity contribution in [2.45, 2.75) is 12.4 Å². The van der Waals surface area contributed by atoms with E-state index in [4.69, 9.17) is 0 Å². The van der Waals surface area contributed by atoms with Crippen molar-refractivity contribution in [1.29, 1.82) is 0 Å². The maximum absolute atomic E-state index is 15.4. The van der Waals surface area contributed by atoms with E-state index in [2.05, 4.69) is 84.9 Å². The number of alkyl halides is 6. The second-order valence-corrected chi connectivity index (χ2v) is 20.3. The van der Waals surface area contributed by atoms with Gasteiger partial charge in [-0.15, -0.1) is 0 Å². The summed E-state index contributed by atoms with van der Waals surface area (Å²) in [5.74, 6) is 0. The lowest BCUT2D eigenvalue weighted by Gasteiger charge is -2.33. The van der Waals surface area contributed by atoms with E-state index in [0.29, 0.717) is 33.4 Å². The van der Waals surface area contributed by atoms with Crippen LogP contribution in [0, 0.1) is 0 Å². The van der Waals surface area contributed by atoms with Gasteiger partial charge >= 0.3 is 12.4 Å². The van der Waals surface area contributed by atoms with Crippen LogP contribution in [-0.4, -0.2) is 13.4 Å². The van der Waals surface area contributed by atoms with Gasteiger partial charge in [-0.25, -0.2) is 0 Å². The number of fused-ring (bicyclic) bond motifs is 10. The Labute approximate surface area is 421 Å². The summed E-state index contributed by atoms with van der Waals surface area (Å²) < 4.78 is 92.3. The van der Waals surface area contributed by atoms with Gasteiger partial charge in [-0.05, 0) is 158 Å². The second-order valence-electron chi connectivity index (χ2n) is 20.3. The maximum Gasteiger partial charge on any atom is 0.416 e. The molecule has 12 aromatic carbocycles. The largest absolute Gasteiger partial charge is 0.416 e. The van der Waals surface area contributed by atoms with E-state index in [1.54, 1.807) is 0 Å². The predicted octanol–water partition coefficient (Wildman–Crippen LogP) is 14.2. The Hall–Kier alpha value is -8.61. The minimum absolute atomic E-state index is 0.399. The predicted molar refractivity (Wildman–Crippen MR) is 293 cm³/mol. The molecule has 74 heavy (non-hydrogen) atoms. The second kappa shape index (κ2) is 14.5. The fourth-order valence-electron chi connectivity index (χ4n) is 13.9. The molecule has 16 rings (SSSR count). The van der Waals surface area contributed by atoms with E-state index < -0.39 is 36.9 Å². The van der Waals surface area contributed by atoms with Crippen molar-refractivity contribution >= 4 is 78.5 Å². The molecule has 0 aliphatic carbocycles. The summed E-state index contributed by atoms with van der Waals surface area (Å²) >= 11 is 0. The number of hydrogen-bond acceptors (Lipinski definition) is 0. The minimum atomic E-state index is -4.63. The van der Waals surface area contributed by atoms with E-state index >= 15 is 26.3 Å². The van der Waals surface area contributed by atoms with Crippen molar-refractivity contribution in [2.75, 3.05) is 0 Å². The van der Waals surface area contributed by atoms with Crippen molar-refractivity contribution < 1.29 is 26.3 Å². The molecule has 0 atom stereocenters. The lowest BCUT2D eigenvalue weighted by Crippen LogP contribution is -2.53. The van der Waals surface area contributed by atoms with Crippen LogP contribution in [0.1, 0.15) is 11.1 Å². The van der Waals surface area contributed by atoms with Gasteiger partial charge in [0.05, 0.1) is 11.1 Å². The third-order valence-corrected chi connectivity index (χ3v) is 16.7. The van der Waals surface area contributed by atoms with Gasteiger partial charge in [0.2, 0.25) is 13.4 Å². The van der Waals surface area contributed by atoms with Crippen LogP contribution in [0.5, 0.6) is 0 Å². The number of rotatable bonds is 4. The van der Waals surface area contributed by atoms with Gasteiger partial charge < -0.3 is 0 Å². The molecular formula is C66H34B2F6. The third kappa shape index (κ3) is 5.52. The molecule has 0 aromatic heterocycles. The highest BCUT2D eigenvalue weighted by Crippen LogP contribution is 2.53. The van der Waals surface area contributed by atoms with E-state index in [-0.39, 0.29) is 0 Å². The summed E-state index contributed by atoms with van der Waals surface area (Å²) in [6.07, 6.45) is -9.27. The summed E-state index contributed by atoms with van der Waals surface area (Å²) in [4.78, 5) is 0. The topological polar surface area (TPSA) is 0 Å². The monoisotopic (exact) mass is 962 g/mol. The minimum Gasteiger partial charge on any atom is -0.166 e. The molecule has 0 radical (unpaired) electrons. The molecular weight excluding hydrogens is 928 g/mol. The molecule has 0 amide bonds. The van der Waals surface area contributed by atoms with Gasteiger partial charge in [0.25, 0.3) is 0 Å². The summed E-state index contributed by atoms with van der Waals surface area (Å²) in [5.41, 5.74) is 16.8. The van der Waals surface area contributed by atoms with Crippen LogP contribution in [0.3, 0.4) is 0 Å². The average Bonchev–Trinajstić information content (AvgIpc) is 4.05. The highest BCUT2D eigenvalue weighted by Gasteiger charge is 2.47. The Morgan fingerprint density at radius 1 is 0.243 bits per heavy atom. The van der Waals surface area contributed by atoms with Crippen molar-refractivity contribution in [2.24, 2.45) is 0 Å². The first-order valence-corrected chi connectivity index (χ1v) is 24.9. The van der Waals surface area contributed by atoms with Gasteiger partial charge in [0, 0.05) is 0 Å². The summed E-state index contributed by atoms with van der Waals surface area (Å²) in [6.45, 7) is -0.799. The van der Waals surface area contributed by atoms with Crippen molar-refractivity contribution in [3.63, 3.8) is 0 Å². The Morgan fingerprint density at radius 2 is 0.568 bits per heavy atom. The molecule has 0 unspecified atom stereocenters. The molecule has 0 N–H and O–H groups in total. The molecule has 0 saturated carbocycles. The maximum atomic E-state index is 15.4. The first kappa shape index (κ1) is 42.0. The van der Waals surface area contributed by atoms with Crippen LogP contribution < -0.4 is 32.8 Å². The zero-order chi connectivity index (χ0) is 49.5. The molecule has 0 fully saturated rings. The molecule has 4 heterocycles. The Morgan fingerprint density at radius 3 is 0.946 bits per heavy atom. The van der Waals surface area contributed by atoms with Crippen molar-refractivity contribution in [1.82, 2.24) is 0 Å². The van der Waals surface area contributed by atoms with Crippen molar-refractivity contribution in [3.05, 3.63) is 217 Å².